The number of hydrogen-bond acceptors (Lipinski definition) is 3. The molecule has 15 heavy (non-hydrogen) atoms. The van der Waals surface area contributed by atoms with Gasteiger partial charge in [-0.1, -0.05) is 18.2 Å². The Labute approximate surface area is 89.4 Å². The quantitative estimate of drug-likeness (QED) is 0.749. The first-order valence-corrected chi connectivity index (χ1v) is 5.29. The molecule has 1 atom stereocenters. The first-order chi connectivity index (χ1) is 7.31. The molecule has 1 N–H and O–H groups in total. The van der Waals surface area contributed by atoms with Crippen molar-refractivity contribution < 1.29 is 9.53 Å². The summed E-state index contributed by atoms with van der Waals surface area (Å²) >= 11 is 0. The van der Waals surface area contributed by atoms with E-state index >= 15 is 0 Å². The van der Waals surface area contributed by atoms with Crippen molar-refractivity contribution in [1.82, 2.24) is 0 Å². The molecule has 0 fully saturated rings. The van der Waals surface area contributed by atoms with Crippen LogP contribution in [0.25, 0.3) is 0 Å². The minimum atomic E-state index is -0.0977. The SMILES string of the molecule is CCOC(=O)[C@@H]1CNc2ccccc2C1. The number of para-hydroxylation sites is 1. The Hall–Kier alpha value is -1.51. The molecule has 1 aliphatic heterocycles. The van der Waals surface area contributed by atoms with Crippen molar-refractivity contribution in [2.24, 2.45) is 5.92 Å². The van der Waals surface area contributed by atoms with Crippen molar-refractivity contribution >= 4 is 11.7 Å². The lowest BCUT2D eigenvalue weighted by atomic mass is 9.94. The Bertz CT molecular complexity index is 362. The van der Waals surface area contributed by atoms with Crippen molar-refractivity contribution in [3.63, 3.8) is 0 Å². The third kappa shape index (κ3) is 2.12. The molecule has 3 nitrogen and oxygen atoms in total. The fourth-order valence-corrected chi connectivity index (χ4v) is 1.87. The average Bonchev–Trinajstić information content (AvgIpc) is 2.29. The highest BCUT2D eigenvalue weighted by atomic mass is 16.5. The van der Waals surface area contributed by atoms with Crippen LogP contribution in [0.3, 0.4) is 0 Å². The second kappa shape index (κ2) is 4.34. The number of esters is 1. The van der Waals surface area contributed by atoms with E-state index in [0.717, 1.165) is 12.1 Å². The van der Waals surface area contributed by atoms with Gasteiger partial charge in [0.2, 0.25) is 0 Å². The van der Waals surface area contributed by atoms with Crippen LogP contribution in [0.2, 0.25) is 0 Å². The molecule has 0 aromatic heterocycles. The van der Waals surface area contributed by atoms with Crippen molar-refractivity contribution in [2.75, 3.05) is 18.5 Å². The number of hydrogen-bond donors (Lipinski definition) is 1. The van der Waals surface area contributed by atoms with Gasteiger partial charge in [0.1, 0.15) is 0 Å². The molecule has 80 valence electrons. The maximum Gasteiger partial charge on any atom is 0.311 e. The molecular weight excluding hydrogens is 190 g/mol. The van der Waals surface area contributed by atoms with E-state index < -0.39 is 0 Å². The average molecular weight is 205 g/mol. The summed E-state index contributed by atoms with van der Waals surface area (Å²) in [6.45, 7) is 2.97. The molecule has 0 unspecified atom stereocenters. The molecule has 1 aromatic carbocycles. The van der Waals surface area contributed by atoms with Crippen LogP contribution in [0, 0.1) is 5.92 Å². The maximum absolute atomic E-state index is 11.5. The fourth-order valence-electron chi connectivity index (χ4n) is 1.87. The molecule has 0 amide bonds. The van der Waals surface area contributed by atoms with Crippen LogP contribution in [0.4, 0.5) is 5.69 Å². The lowest BCUT2D eigenvalue weighted by Crippen LogP contribution is -2.31. The zero-order valence-electron chi connectivity index (χ0n) is 8.82. The number of rotatable bonds is 2. The third-order valence-corrected chi connectivity index (χ3v) is 2.64. The van der Waals surface area contributed by atoms with Gasteiger partial charge in [-0.3, -0.25) is 4.79 Å². The molecule has 3 heteroatoms. The lowest BCUT2D eigenvalue weighted by molar-refractivity contribution is -0.147. The Morgan fingerprint density at radius 3 is 3.13 bits per heavy atom. The first kappa shape index (κ1) is 10.0. The summed E-state index contributed by atoms with van der Waals surface area (Å²) in [6, 6.07) is 8.08. The maximum atomic E-state index is 11.5. The van der Waals surface area contributed by atoms with Gasteiger partial charge in [0.15, 0.2) is 0 Å². The van der Waals surface area contributed by atoms with Crippen molar-refractivity contribution in [3.05, 3.63) is 29.8 Å². The molecule has 0 saturated heterocycles. The Kier molecular flexibility index (Phi) is 2.90. The summed E-state index contributed by atoms with van der Waals surface area (Å²) in [5, 5.41) is 3.25. The van der Waals surface area contributed by atoms with Gasteiger partial charge in [-0.25, -0.2) is 0 Å². The van der Waals surface area contributed by atoms with Gasteiger partial charge < -0.3 is 10.1 Å². The van der Waals surface area contributed by atoms with E-state index in [-0.39, 0.29) is 11.9 Å². The molecule has 0 aliphatic carbocycles. The molecule has 2 rings (SSSR count). The highest BCUT2D eigenvalue weighted by Crippen LogP contribution is 2.24. The van der Waals surface area contributed by atoms with Crippen LogP contribution in [0.15, 0.2) is 24.3 Å². The number of carbonyl (C=O) groups excluding carboxylic acids is 1. The van der Waals surface area contributed by atoms with Gasteiger partial charge in [0.05, 0.1) is 12.5 Å². The molecule has 0 bridgehead atoms. The van der Waals surface area contributed by atoms with E-state index in [2.05, 4.69) is 5.32 Å². The summed E-state index contributed by atoms with van der Waals surface area (Å²) in [7, 11) is 0. The summed E-state index contributed by atoms with van der Waals surface area (Å²) in [6.07, 6.45) is 0.780. The van der Waals surface area contributed by atoms with Crippen LogP contribution in [0.5, 0.6) is 0 Å². The minimum Gasteiger partial charge on any atom is -0.466 e. The summed E-state index contributed by atoms with van der Waals surface area (Å²) in [5.41, 5.74) is 2.33. The predicted octanol–water partition coefficient (Wildman–Crippen LogP) is 1.83. The molecule has 1 aliphatic rings. The van der Waals surface area contributed by atoms with Gasteiger partial charge in [0, 0.05) is 12.2 Å². The van der Waals surface area contributed by atoms with E-state index in [1.54, 1.807) is 0 Å². The summed E-state index contributed by atoms with van der Waals surface area (Å²) < 4.78 is 5.02. The smallest absolute Gasteiger partial charge is 0.311 e. The molecule has 0 saturated carbocycles. The van der Waals surface area contributed by atoms with Crippen LogP contribution in [-0.2, 0) is 16.0 Å². The highest BCUT2D eigenvalue weighted by Gasteiger charge is 2.24. The molecule has 0 radical (unpaired) electrons. The molecule has 1 aromatic rings. The first-order valence-electron chi connectivity index (χ1n) is 5.29. The van der Waals surface area contributed by atoms with E-state index in [1.807, 2.05) is 31.2 Å². The predicted molar refractivity (Wildman–Crippen MR) is 58.8 cm³/mol. The Morgan fingerprint density at radius 2 is 2.33 bits per heavy atom. The second-order valence-electron chi connectivity index (χ2n) is 3.69. The van der Waals surface area contributed by atoms with Gasteiger partial charge >= 0.3 is 5.97 Å². The number of nitrogens with one attached hydrogen (secondary N) is 1. The molecule has 0 spiro atoms. The van der Waals surface area contributed by atoms with E-state index in [4.69, 9.17) is 4.74 Å². The van der Waals surface area contributed by atoms with Crippen molar-refractivity contribution in [3.8, 4) is 0 Å². The van der Waals surface area contributed by atoms with Gasteiger partial charge in [-0.15, -0.1) is 0 Å². The van der Waals surface area contributed by atoms with E-state index in [0.29, 0.717) is 13.2 Å². The number of fused-ring (bicyclic) bond motifs is 1. The van der Waals surface area contributed by atoms with Gasteiger partial charge in [0.25, 0.3) is 0 Å². The summed E-state index contributed by atoms with van der Waals surface area (Å²) in [4.78, 5) is 11.5. The Morgan fingerprint density at radius 1 is 1.53 bits per heavy atom. The molecular formula is C12H15NO2. The zero-order chi connectivity index (χ0) is 10.7. The minimum absolute atomic E-state index is 0.0418. The number of ether oxygens (including phenoxy) is 1. The van der Waals surface area contributed by atoms with E-state index in [1.165, 1.54) is 5.56 Å². The highest BCUT2D eigenvalue weighted by molar-refractivity contribution is 5.75. The lowest BCUT2D eigenvalue weighted by Gasteiger charge is -2.24. The number of anilines is 1. The third-order valence-electron chi connectivity index (χ3n) is 2.64. The zero-order valence-corrected chi connectivity index (χ0v) is 8.82. The van der Waals surface area contributed by atoms with E-state index in [9.17, 15) is 4.79 Å². The second-order valence-corrected chi connectivity index (χ2v) is 3.69. The van der Waals surface area contributed by atoms with Crippen molar-refractivity contribution in [2.45, 2.75) is 13.3 Å². The normalized spacial score (nSPS) is 18.9. The van der Waals surface area contributed by atoms with Gasteiger partial charge in [-0.05, 0) is 25.0 Å². The van der Waals surface area contributed by atoms with Crippen LogP contribution in [-0.4, -0.2) is 19.1 Å². The topological polar surface area (TPSA) is 38.3 Å². The number of benzene rings is 1. The standard InChI is InChI=1S/C12H15NO2/c1-2-15-12(14)10-7-9-5-3-4-6-11(9)13-8-10/h3-6,10,13H,2,7-8H2,1H3/t10-/m0/s1. The molecule has 1 heterocycles. The van der Waals surface area contributed by atoms with Gasteiger partial charge in [-0.2, -0.15) is 0 Å². The summed E-state index contributed by atoms with van der Waals surface area (Å²) in [5.74, 6) is -0.139. The largest absolute Gasteiger partial charge is 0.466 e. The van der Waals surface area contributed by atoms with Crippen molar-refractivity contribution in [1.29, 1.82) is 0 Å². The van der Waals surface area contributed by atoms with Crippen LogP contribution >= 0.6 is 0 Å². The fraction of sp³-hybridized carbons (Fsp3) is 0.417. The Balaban J connectivity index is 2.08. The van der Waals surface area contributed by atoms with Crippen LogP contribution in [0.1, 0.15) is 12.5 Å². The number of carbonyl (C=O) groups is 1. The monoisotopic (exact) mass is 205 g/mol. The van der Waals surface area contributed by atoms with Crippen LogP contribution < -0.4 is 5.32 Å².